The maximum atomic E-state index is 12.0. The highest BCUT2D eigenvalue weighted by atomic mass is 127. The first-order chi connectivity index (χ1) is 13.3. The molecule has 1 aromatic carbocycles. The van der Waals surface area contributed by atoms with Crippen LogP contribution < -0.4 is 10.6 Å². The average Bonchev–Trinajstić information content (AvgIpc) is 3.07. The Labute approximate surface area is 190 Å². The van der Waals surface area contributed by atoms with E-state index in [9.17, 15) is 14.9 Å². The highest BCUT2D eigenvalue weighted by molar-refractivity contribution is 14.0. The molecular weight excluding hydrogens is 509 g/mol. The molecular formula is C18H24IN5O4S. The van der Waals surface area contributed by atoms with Crippen molar-refractivity contribution in [2.75, 3.05) is 13.7 Å². The number of aliphatic imine (C=N–C) groups is 1. The van der Waals surface area contributed by atoms with Crippen molar-refractivity contribution < 1.29 is 14.5 Å². The Bertz CT molecular complexity index is 887. The van der Waals surface area contributed by atoms with Gasteiger partial charge in [-0.2, -0.15) is 0 Å². The summed E-state index contributed by atoms with van der Waals surface area (Å²) in [5, 5.41) is 17.9. The number of nitrogens with one attached hydrogen (secondary N) is 2. The summed E-state index contributed by atoms with van der Waals surface area (Å²) in [6, 6.07) is 6.21. The number of rotatable bonds is 7. The molecule has 158 valence electrons. The lowest BCUT2D eigenvalue weighted by molar-refractivity contribution is -0.384. The number of esters is 1. The third kappa shape index (κ3) is 6.92. The highest BCUT2D eigenvalue weighted by Crippen LogP contribution is 2.24. The van der Waals surface area contributed by atoms with Crippen molar-refractivity contribution in [1.29, 1.82) is 0 Å². The summed E-state index contributed by atoms with van der Waals surface area (Å²) in [6.07, 6.45) is 0. The molecule has 0 aliphatic carbocycles. The first kappa shape index (κ1) is 24.8. The van der Waals surface area contributed by atoms with E-state index in [0.717, 1.165) is 10.6 Å². The SMILES string of the molecule is CCOC(=O)c1sc(C(C)NC(=NC)NCc2cccc([N+](=O)[O-])c2)nc1C.I. The van der Waals surface area contributed by atoms with E-state index in [2.05, 4.69) is 20.6 Å². The van der Waals surface area contributed by atoms with E-state index in [4.69, 9.17) is 4.74 Å². The Morgan fingerprint density at radius 3 is 2.79 bits per heavy atom. The average molecular weight is 533 g/mol. The minimum Gasteiger partial charge on any atom is -0.462 e. The molecule has 0 fully saturated rings. The van der Waals surface area contributed by atoms with Crippen molar-refractivity contribution in [3.8, 4) is 0 Å². The van der Waals surface area contributed by atoms with E-state index in [0.29, 0.717) is 29.7 Å². The van der Waals surface area contributed by atoms with Gasteiger partial charge in [0.05, 0.1) is 23.3 Å². The second kappa shape index (κ2) is 11.7. The number of nitro groups is 1. The molecule has 29 heavy (non-hydrogen) atoms. The van der Waals surface area contributed by atoms with Gasteiger partial charge in [0.15, 0.2) is 5.96 Å². The highest BCUT2D eigenvalue weighted by Gasteiger charge is 2.20. The Morgan fingerprint density at radius 1 is 1.45 bits per heavy atom. The largest absolute Gasteiger partial charge is 0.462 e. The van der Waals surface area contributed by atoms with Crippen LogP contribution in [-0.4, -0.2) is 35.5 Å². The molecule has 0 radical (unpaired) electrons. The number of ether oxygens (including phenoxy) is 1. The topological polar surface area (TPSA) is 119 Å². The summed E-state index contributed by atoms with van der Waals surface area (Å²) in [5.74, 6) is 0.147. The van der Waals surface area contributed by atoms with Crippen molar-refractivity contribution in [3.05, 3.63) is 55.5 Å². The number of aryl methyl sites for hydroxylation is 1. The zero-order chi connectivity index (χ0) is 20.7. The molecule has 0 aliphatic heterocycles. The van der Waals surface area contributed by atoms with Gasteiger partial charge in [-0.1, -0.05) is 12.1 Å². The summed E-state index contributed by atoms with van der Waals surface area (Å²) in [7, 11) is 1.63. The van der Waals surface area contributed by atoms with Gasteiger partial charge in [-0.15, -0.1) is 35.3 Å². The van der Waals surface area contributed by atoms with Crippen molar-refractivity contribution in [2.24, 2.45) is 4.99 Å². The fraction of sp³-hybridized carbons (Fsp3) is 0.389. The third-order valence-electron chi connectivity index (χ3n) is 3.80. The number of carbonyl (C=O) groups excluding carboxylic acids is 1. The molecule has 0 saturated heterocycles. The molecule has 0 spiro atoms. The molecule has 0 aliphatic rings. The molecule has 0 amide bonds. The van der Waals surface area contributed by atoms with E-state index in [-0.39, 0.29) is 41.7 Å². The maximum absolute atomic E-state index is 12.0. The Hall–Kier alpha value is -2.28. The van der Waals surface area contributed by atoms with Crippen LogP contribution >= 0.6 is 35.3 Å². The van der Waals surface area contributed by atoms with Crippen LogP contribution in [0.3, 0.4) is 0 Å². The molecule has 1 unspecified atom stereocenters. The second-order valence-corrected chi connectivity index (χ2v) is 6.94. The van der Waals surface area contributed by atoms with Gasteiger partial charge in [-0.3, -0.25) is 15.1 Å². The molecule has 0 bridgehead atoms. The first-order valence-corrected chi connectivity index (χ1v) is 9.52. The van der Waals surface area contributed by atoms with Gasteiger partial charge in [0.2, 0.25) is 0 Å². The normalized spacial score (nSPS) is 11.9. The summed E-state index contributed by atoms with van der Waals surface area (Å²) < 4.78 is 5.05. The molecule has 2 rings (SSSR count). The van der Waals surface area contributed by atoms with Crippen LogP contribution in [0.15, 0.2) is 29.3 Å². The minimum atomic E-state index is -0.426. The molecule has 2 aromatic rings. The van der Waals surface area contributed by atoms with Gasteiger partial charge in [0.1, 0.15) is 9.88 Å². The molecule has 1 aromatic heterocycles. The number of carbonyl (C=O) groups is 1. The smallest absolute Gasteiger partial charge is 0.350 e. The number of nitrogens with zero attached hydrogens (tertiary/aromatic N) is 3. The fourth-order valence-corrected chi connectivity index (χ4v) is 3.38. The summed E-state index contributed by atoms with van der Waals surface area (Å²) in [4.78, 5) is 31.5. The molecule has 2 N–H and O–H groups in total. The molecule has 1 atom stereocenters. The van der Waals surface area contributed by atoms with Crippen molar-refractivity contribution in [2.45, 2.75) is 33.4 Å². The predicted molar refractivity (Wildman–Crippen MR) is 123 cm³/mol. The van der Waals surface area contributed by atoms with Gasteiger partial charge >= 0.3 is 5.97 Å². The number of halogens is 1. The summed E-state index contributed by atoms with van der Waals surface area (Å²) in [5.41, 5.74) is 1.44. The lowest BCUT2D eigenvalue weighted by atomic mass is 10.2. The monoisotopic (exact) mass is 533 g/mol. The van der Waals surface area contributed by atoms with E-state index >= 15 is 0 Å². The van der Waals surface area contributed by atoms with Crippen LogP contribution in [0.1, 0.15) is 45.8 Å². The van der Waals surface area contributed by atoms with Gasteiger partial charge in [-0.05, 0) is 26.3 Å². The number of guanidine groups is 1. The molecule has 11 heteroatoms. The summed E-state index contributed by atoms with van der Waals surface area (Å²) in [6.45, 7) is 6.13. The van der Waals surface area contributed by atoms with Gasteiger partial charge < -0.3 is 15.4 Å². The van der Waals surface area contributed by atoms with E-state index in [1.165, 1.54) is 23.5 Å². The third-order valence-corrected chi connectivity index (χ3v) is 5.12. The van der Waals surface area contributed by atoms with E-state index in [1.807, 2.05) is 6.92 Å². The van der Waals surface area contributed by atoms with Crippen LogP contribution in [0.2, 0.25) is 0 Å². The van der Waals surface area contributed by atoms with Crippen LogP contribution in [0, 0.1) is 17.0 Å². The van der Waals surface area contributed by atoms with Gasteiger partial charge in [0, 0.05) is 25.7 Å². The van der Waals surface area contributed by atoms with Gasteiger partial charge in [-0.25, -0.2) is 9.78 Å². The second-order valence-electron chi connectivity index (χ2n) is 5.91. The number of nitro benzene ring substituents is 1. The molecule has 9 nitrogen and oxygen atoms in total. The van der Waals surface area contributed by atoms with Crippen molar-refractivity contribution in [1.82, 2.24) is 15.6 Å². The van der Waals surface area contributed by atoms with Gasteiger partial charge in [0.25, 0.3) is 5.69 Å². The number of non-ortho nitro benzene ring substituents is 1. The van der Waals surface area contributed by atoms with E-state index < -0.39 is 4.92 Å². The Balaban J connectivity index is 0.00000420. The number of thiazole rings is 1. The first-order valence-electron chi connectivity index (χ1n) is 8.70. The number of benzene rings is 1. The zero-order valence-electron chi connectivity index (χ0n) is 16.6. The van der Waals surface area contributed by atoms with Crippen molar-refractivity contribution >= 4 is 52.9 Å². The maximum Gasteiger partial charge on any atom is 0.350 e. The van der Waals surface area contributed by atoms with E-state index in [1.54, 1.807) is 33.0 Å². The Morgan fingerprint density at radius 2 is 2.17 bits per heavy atom. The number of hydrogen-bond donors (Lipinski definition) is 2. The lowest BCUT2D eigenvalue weighted by Gasteiger charge is -2.16. The number of hydrogen-bond acceptors (Lipinski definition) is 7. The predicted octanol–water partition coefficient (Wildman–Crippen LogP) is 3.58. The van der Waals surface area contributed by atoms with Crippen molar-refractivity contribution in [3.63, 3.8) is 0 Å². The zero-order valence-corrected chi connectivity index (χ0v) is 19.7. The van der Waals surface area contributed by atoms with Crippen LogP contribution in [0.25, 0.3) is 0 Å². The van der Waals surface area contributed by atoms with Crippen LogP contribution in [0.4, 0.5) is 5.69 Å². The Kier molecular flexibility index (Phi) is 9.95. The fourth-order valence-electron chi connectivity index (χ4n) is 2.42. The van der Waals surface area contributed by atoms with Crippen LogP contribution in [-0.2, 0) is 11.3 Å². The standard InChI is InChI=1S/C18H23N5O4S.HI/c1-5-27-17(24)15-11(2)21-16(28-15)12(3)22-18(19-4)20-10-13-7-6-8-14(9-13)23(25)26;/h6-9,12H,5,10H2,1-4H3,(H2,19,20,22);1H. The van der Waals surface area contributed by atoms with Crippen LogP contribution in [0.5, 0.6) is 0 Å². The molecule has 1 heterocycles. The number of aromatic nitrogens is 1. The quantitative estimate of drug-likeness (QED) is 0.140. The molecule has 0 saturated carbocycles. The summed E-state index contributed by atoms with van der Waals surface area (Å²) >= 11 is 1.28. The minimum absolute atomic E-state index is 0. The lowest BCUT2D eigenvalue weighted by Crippen LogP contribution is -2.38.